The maximum Gasteiger partial charge on any atom is 0.327 e. The van der Waals surface area contributed by atoms with Crippen LogP contribution in [-0.4, -0.2) is 17.6 Å². The third-order valence-corrected chi connectivity index (χ3v) is 4.36. The molecule has 1 unspecified atom stereocenters. The van der Waals surface area contributed by atoms with Gasteiger partial charge in [0.2, 0.25) is 0 Å². The van der Waals surface area contributed by atoms with Crippen LogP contribution < -0.4 is 0 Å². The van der Waals surface area contributed by atoms with Gasteiger partial charge < -0.3 is 9.30 Å². The Labute approximate surface area is 151 Å². The lowest BCUT2D eigenvalue weighted by atomic mass is 9.94. The number of rotatable bonds is 5. The Hall–Kier alpha value is -3.57. The normalized spacial score (nSPS) is 11.5. The van der Waals surface area contributed by atoms with Crippen molar-refractivity contribution in [3.8, 4) is 23.4 Å². The molecule has 0 fully saturated rings. The second-order valence-electron chi connectivity index (χ2n) is 5.79. The summed E-state index contributed by atoms with van der Waals surface area (Å²) in [6.07, 6.45) is 0.327. The molecule has 2 aromatic carbocycles. The lowest BCUT2D eigenvalue weighted by Gasteiger charge is -2.13. The maximum absolute atomic E-state index is 12.3. The number of esters is 1. The third-order valence-electron chi connectivity index (χ3n) is 4.36. The summed E-state index contributed by atoms with van der Waals surface area (Å²) in [4.78, 5) is 12.3. The molecule has 0 radical (unpaired) electrons. The van der Waals surface area contributed by atoms with Crippen LogP contribution in [0.5, 0.6) is 0 Å². The molecule has 1 aromatic heterocycles. The molecule has 3 aromatic rings. The first-order chi connectivity index (χ1) is 12.7. The number of ether oxygens (including phenoxy) is 1. The molecule has 0 saturated heterocycles. The molecule has 0 saturated carbocycles. The Balaban J connectivity index is 2.40. The SMILES string of the molecule is COC(=O)C(C#N)c1c(-c2ccccc2)n(CCC#N)c2ccccc12. The molecular weight excluding hydrogens is 326 g/mol. The Morgan fingerprint density at radius 3 is 2.46 bits per heavy atom. The van der Waals surface area contributed by atoms with E-state index in [0.29, 0.717) is 18.5 Å². The predicted octanol–water partition coefficient (Wildman–Crippen LogP) is 4.00. The number of aryl methyl sites for hydroxylation is 1. The quantitative estimate of drug-likeness (QED) is 0.656. The van der Waals surface area contributed by atoms with Crippen LogP contribution in [0.25, 0.3) is 22.2 Å². The van der Waals surface area contributed by atoms with Gasteiger partial charge in [0.25, 0.3) is 0 Å². The molecule has 0 N–H and O–H groups in total. The number of hydrogen-bond acceptors (Lipinski definition) is 4. The summed E-state index contributed by atoms with van der Waals surface area (Å²) in [5.74, 6) is -1.63. The van der Waals surface area contributed by atoms with Crippen molar-refractivity contribution in [1.82, 2.24) is 4.57 Å². The summed E-state index contributed by atoms with van der Waals surface area (Å²) in [5.41, 5.74) is 3.18. The van der Waals surface area contributed by atoms with Crippen LogP contribution in [0.15, 0.2) is 54.6 Å². The first-order valence-electron chi connectivity index (χ1n) is 8.23. The highest BCUT2D eigenvalue weighted by atomic mass is 16.5. The molecule has 0 spiro atoms. The van der Waals surface area contributed by atoms with Crippen molar-refractivity contribution in [2.24, 2.45) is 0 Å². The summed E-state index contributed by atoms with van der Waals surface area (Å²) in [6.45, 7) is 0.473. The largest absolute Gasteiger partial charge is 0.468 e. The smallest absolute Gasteiger partial charge is 0.327 e. The Morgan fingerprint density at radius 2 is 1.81 bits per heavy atom. The average molecular weight is 343 g/mol. The van der Waals surface area contributed by atoms with E-state index in [0.717, 1.165) is 22.2 Å². The van der Waals surface area contributed by atoms with Crippen molar-refractivity contribution in [1.29, 1.82) is 10.5 Å². The number of para-hydroxylation sites is 1. The molecule has 1 atom stereocenters. The number of nitriles is 2. The number of hydrogen-bond donors (Lipinski definition) is 0. The van der Waals surface area contributed by atoms with E-state index >= 15 is 0 Å². The first-order valence-corrected chi connectivity index (χ1v) is 8.23. The van der Waals surface area contributed by atoms with Crippen LogP contribution in [0.3, 0.4) is 0 Å². The van der Waals surface area contributed by atoms with Gasteiger partial charge in [0.15, 0.2) is 5.92 Å². The van der Waals surface area contributed by atoms with E-state index in [9.17, 15) is 10.1 Å². The summed E-state index contributed by atoms with van der Waals surface area (Å²) in [7, 11) is 1.28. The van der Waals surface area contributed by atoms with Gasteiger partial charge in [0.1, 0.15) is 0 Å². The van der Waals surface area contributed by atoms with Crippen molar-refractivity contribution in [2.75, 3.05) is 7.11 Å². The molecule has 5 nitrogen and oxygen atoms in total. The van der Waals surface area contributed by atoms with Gasteiger partial charge in [0, 0.05) is 23.0 Å². The van der Waals surface area contributed by atoms with E-state index in [1.165, 1.54) is 7.11 Å². The average Bonchev–Trinajstić information content (AvgIpc) is 3.01. The van der Waals surface area contributed by atoms with Gasteiger partial charge in [0.05, 0.1) is 31.4 Å². The summed E-state index contributed by atoms with van der Waals surface area (Å²) < 4.78 is 6.88. The van der Waals surface area contributed by atoms with Crippen molar-refractivity contribution in [3.63, 3.8) is 0 Å². The zero-order valence-corrected chi connectivity index (χ0v) is 14.3. The fourth-order valence-electron chi connectivity index (χ4n) is 3.28. The van der Waals surface area contributed by atoms with Gasteiger partial charge in [-0.2, -0.15) is 10.5 Å². The van der Waals surface area contributed by atoms with Crippen LogP contribution in [-0.2, 0) is 16.1 Å². The van der Waals surface area contributed by atoms with Crippen LogP contribution in [0.1, 0.15) is 17.9 Å². The number of methoxy groups -OCH3 is 1. The van der Waals surface area contributed by atoms with E-state index in [-0.39, 0.29) is 0 Å². The lowest BCUT2D eigenvalue weighted by molar-refractivity contribution is -0.140. The van der Waals surface area contributed by atoms with Crippen LogP contribution >= 0.6 is 0 Å². The molecule has 128 valence electrons. The van der Waals surface area contributed by atoms with Crippen LogP contribution in [0.4, 0.5) is 0 Å². The van der Waals surface area contributed by atoms with Crippen molar-refractivity contribution >= 4 is 16.9 Å². The highest BCUT2D eigenvalue weighted by Crippen LogP contribution is 2.39. The lowest BCUT2D eigenvalue weighted by Crippen LogP contribution is -2.13. The second kappa shape index (κ2) is 7.55. The van der Waals surface area contributed by atoms with Crippen molar-refractivity contribution in [3.05, 3.63) is 60.2 Å². The number of nitrogens with zero attached hydrogens (tertiary/aromatic N) is 3. The summed E-state index contributed by atoms with van der Waals surface area (Å²) in [6, 6.07) is 21.5. The van der Waals surface area contributed by atoms with Gasteiger partial charge in [-0.05, 0) is 11.6 Å². The molecule has 1 heterocycles. The minimum atomic E-state index is -1.04. The highest BCUT2D eigenvalue weighted by molar-refractivity contribution is 5.98. The number of carbonyl (C=O) groups is 1. The fourth-order valence-corrected chi connectivity index (χ4v) is 3.28. The number of fused-ring (bicyclic) bond motifs is 1. The predicted molar refractivity (Wildman–Crippen MR) is 98.0 cm³/mol. The molecule has 0 amide bonds. The molecule has 0 aliphatic heterocycles. The van der Waals surface area contributed by atoms with Gasteiger partial charge in [-0.25, -0.2) is 0 Å². The number of aromatic nitrogens is 1. The Kier molecular flexibility index (Phi) is 5.01. The molecule has 3 rings (SSSR count). The second-order valence-corrected chi connectivity index (χ2v) is 5.79. The van der Waals surface area contributed by atoms with E-state index in [2.05, 4.69) is 12.1 Å². The van der Waals surface area contributed by atoms with E-state index in [4.69, 9.17) is 10.00 Å². The zero-order chi connectivity index (χ0) is 18.5. The van der Waals surface area contributed by atoms with Crippen molar-refractivity contribution < 1.29 is 9.53 Å². The maximum atomic E-state index is 12.3. The number of benzene rings is 2. The highest BCUT2D eigenvalue weighted by Gasteiger charge is 2.30. The van der Waals surface area contributed by atoms with Gasteiger partial charge in [-0.1, -0.05) is 48.5 Å². The van der Waals surface area contributed by atoms with Gasteiger partial charge in [-0.3, -0.25) is 4.79 Å². The van der Waals surface area contributed by atoms with Crippen molar-refractivity contribution in [2.45, 2.75) is 18.9 Å². The van der Waals surface area contributed by atoms with E-state index in [1.807, 2.05) is 59.2 Å². The van der Waals surface area contributed by atoms with Crippen LogP contribution in [0.2, 0.25) is 0 Å². The van der Waals surface area contributed by atoms with Gasteiger partial charge >= 0.3 is 5.97 Å². The molecule has 26 heavy (non-hydrogen) atoms. The molecule has 0 aliphatic rings. The minimum Gasteiger partial charge on any atom is -0.468 e. The fraction of sp³-hybridized carbons (Fsp3) is 0.190. The Bertz CT molecular complexity index is 1020. The molecule has 0 bridgehead atoms. The standard InChI is InChI=1S/C21H17N3O2/c1-26-21(25)17(14-23)19-16-10-5-6-11-18(16)24(13-7-12-22)20(19)15-8-3-2-4-9-15/h2-6,8-11,17H,7,13H2,1H3. The first kappa shape index (κ1) is 17.3. The topological polar surface area (TPSA) is 78.8 Å². The van der Waals surface area contributed by atoms with E-state index < -0.39 is 11.9 Å². The Morgan fingerprint density at radius 1 is 1.12 bits per heavy atom. The molecular formula is C21H17N3O2. The number of carbonyl (C=O) groups excluding carboxylic acids is 1. The monoisotopic (exact) mass is 343 g/mol. The summed E-state index contributed by atoms with van der Waals surface area (Å²) >= 11 is 0. The molecule has 0 aliphatic carbocycles. The third kappa shape index (κ3) is 2.92. The van der Waals surface area contributed by atoms with E-state index in [1.54, 1.807) is 0 Å². The minimum absolute atomic E-state index is 0.327. The molecule has 5 heteroatoms. The van der Waals surface area contributed by atoms with Gasteiger partial charge in [-0.15, -0.1) is 0 Å². The van der Waals surface area contributed by atoms with Crippen LogP contribution in [0, 0.1) is 22.7 Å². The zero-order valence-electron chi connectivity index (χ0n) is 14.3. The summed E-state index contributed by atoms with van der Waals surface area (Å²) in [5, 5.41) is 19.6.